The van der Waals surface area contributed by atoms with Crippen molar-refractivity contribution in [3.05, 3.63) is 47.1 Å². The van der Waals surface area contributed by atoms with Gasteiger partial charge in [0.2, 0.25) is 5.91 Å². The van der Waals surface area contributed by atoms with Gasteiger partial charge >= 0.3 is 6.09 Å². The molecule has 1 aliphatic heterocycles. The van der Waals surface area contributed by atoms with Crippen LogP contribution in [0.4, 0.5) is 16.2 Å². The molecule has 3 rings (SSSR count). The number of carbonyl (C=O) groups excluding carboxylic acids is 2. The molecule has 2 heterocycles. The number of aromatic nitrogens is 2. The van der Waals surface area contributed by atoms with E-state index < -0.39 is 6.09 Å². The summed E-state index contributed by atoms with van der Waals surface area (Å²) < 4.78 is 4.61. The lowest BCUT2D eigenvalue weighted by atomic mass is 10.0. The molecule has 1 aliphatic rings. The van der Waals surface area contributed by atoms with Crippen LogP contribution in [0, 0.1) is 0 Å². The fraction of sp³-hybridized carbons (Fsp3) is 0.263. The lowest BCUT2D eigenvalue weighted by Crippen LogP contribution is -2.14. The molecular weight excluding hydrogens is 382 g/mol. The van der Waals surface area contributed by atoms with Crippen molar-refractivity contribution >= 4 is 35.0 Å². The zero-order chi connectivity index (χ0) is 20.1. The van der Waals surface area contributed by atoms with Crippen LogP contribution < -0.4 is 16.4 Å². The second-order valence-corrected chi connectivity index (χ2v) is 6.61. The third kappa shape index (κ3) is 4.65. The number of nitrogens with two attached hydrogens (primary N) is 1. The number of benzene rings is 1. The first-order valence-corrected chi connectivity index (χ1v) is 9.08. The van der Waals surface area contributed by atoms with Crippen LogP contribution in [0.15, 0.2) is 36.4 Å². The topological polar surface area (TPSA) is 119 Å². The van der Waals surface area contributed by atoms with Gasteiger partial charge in [-0.1, -0.05) is 23.8 Å². The molecule has 9 heteroatoms. The van der Waals surface area contributed by atoms with Crippen molar-refractivity contribution in [3.8, 4) is 11.3 Å². The SMILES string of the molecule is COC(=O)Nc1ccc2c(c1)NC(=O)CC/C=C\CC(N)c1cc-2nnc1Cl. The molecule has 0 aliphatic carbocycles. The van der Waals surface area contributed by atoms with Gasteiger partial charge in [0.05, 0.1) is 18.5 Å². The van der Waals surface area contributed by atoms with Crippen LogP contribution in [0.1, 0.15) is 30.9 Å². The first-order valence-electron chi connectivity index (χ1n) is 8.71. The Balaban J connectivity index is 2.09. The third-order valence-electron chi connectivity index (χ3n) is 4.27. The fourth-order valence-electron chi connectivity index (χ4n) is 2.82. The number of allylic oxidation sites excluding steroid dienone is 1. The van der Waals surface area contributed by atoms with Gasteiger partial charge < -0.3 is 15.8 Å². The summed E-state index contributed by atoms with van der Waals surface area (Å²) in [5.41, 5.74) is 9.02. The number of methoxy groups -OCH3 is 1. The van der Waals surface area contributed by atoms with E-state index in [0.29, 0.717) is 47.5 Å². The number of hydrogen-bond acceptors (Lipinski definition) is 6. The van der Waals surface area contributed by atoms with Crippen LogP contribution in [0.25, 0.3) is 11.3 Å². The number of fused-ring (bicyclic) bond motifs is 4. The molecule has 0 radical (unpaired) electrons. The molecule has 4 N–H and O–H groups in total. The number of hydrogen-bond donors (Lipinski definition) is 3. The van der Waals surface area contributed by atoms with Gasteiger partial charge in [0.1, 0.15) is 0 Å². The number of anilines is 2. The van der Waals surface area contributed by atoms with Gasteiger partial charge in [0.15, 0.2) is 5.15 Å². The van der Waals surface area contributed by atoms with Crippen molar-refractivity contribution in [3.63, 3.8) is 0 Å². The Morgan fingerprint density at radius 3 is 2.93 bits per heavy atom. The van der Waals surface area contributed by atoms with Gasteiger partial charge in [-0.2, -0.15) is 0 Å². The van der Waals surface area contributed by atoms with Gasteiger partial charge in [-0.3, -0.25) is 10.1 Å². The molecule has 146 valence electrons. The highest BCUT2D eigenvalue weighted by molar-refractivity contribution is 6.30. The van der Waals surface area contributed by atoms with Gasteiger partial charge in [0.25, 0.3) is 0 Å². The van der Waals surface area contributed by atoms with Gasteiger partial charge in [0, 0.05) is 29.3 Å². The number of ether oxygens (including phenoxy) is 1. The van der Waals surface area contributed by atoms with Crippen molar-refractivity contribution in [2.24, 2.45) is 5.73 Å². The summed E-state index contributed by atoms with van der Waals surface area (Å²) in [5.74, 6) is -0.160. The van der Waals surface area contributed by atoms with Crippen molar-refractivity contribution in [2.45, 2.75) is 25.3 Å². The molecule has 0 fully saturated rings. The van der Waals surface area contributed by atoms with Crippen molar-refractivity contribution < 1.29 is 14.3 Å². The summed E-state index contributed by atoms with van der Waals surface area (Å²) in [7, 11) is 1.27. The summed E-state index contributed by atoms with van der Waals surface area (Å²) in [4.78, 5) is 23.8. The first-order chi connectivity index (χ1) is 13.5. The van der Waals surface area contributed by atoms with E-state index in [1.807, 2.05) is 12.2 Å². The highest BCUT2D eigenvalue weighted by Gasteiger charge is 2.17. The highest BCUT2D eigenvalue weighted by atomic mass is 35.5. The van der Waals surface area contributed by atoms with E-state index in [2.05, 4.69) is 25.6 Å². The number of nitrogens with zero attached hydrogens (tertiary/aromatic N) is 2. The Hall–Kier alpha value is -2.97. The van der Waals surface area contributed by atoms with Gasteiger partial charge in [-0.15, -0.1) is 10.2 Å². The molecule has 1 aromatic heterocycles. The lowest BCUT2D eigenvalue weighted by molar-refractivity contribution is -0.116. The van der Waals surface area contributed by atoms with Crippen LogP contribution in [0.3, 0.4) is 0 Å². The molecule has 0 saturated carbocycles. The predicted octanol–water partition coefficient (Wildman–Crippen LogP) is 3.65. The second kappa shape index (κ2) is 8.81. The Labute approximate surface area is 167 Å². The van der Waals surface area contributed by atoms with Crippen LogP contribution in [0.2, 0.25) is 5.15 Å². The molecule has 1 aromatic carbocycles. The maximum Gasteiger partial charge on any atom is 0.411 e. The number of amides is 2. The zero-order valence-corrected chi connectivity index (χ0v) is 16.0. The third-order valence-corrected chi connectivity index (χ3v) is 4.57. The van der Waals surface area contributed by atoms with Crippen LogP contribution in [0.5, 0.6) is 0 Å². The van der Waals surface area contributed by atoms with Gasteiger partial charge in [-0.05, 0) is 37.1 Å². The standard InChI is InChI=1S/C19H20ClN5O3/c1-28-19(27)22-11-7-8-12-15(9-11)23-17(26)6-4-2-3-5-14(21)13-10-16(12)24-25-18(13)20/h2-3,7-10,14H,4-6,21H2,1H3,(H,22,27)(H,23,26)/b3-2-. The molecule has 2 bridgehead atoms. The minimum Gasteiger partial charge on any atom is -0.453 e. The maximum absolute atomic E-state index is 12.3. The van der Waals surface area contributed by atoms with E-state index in [1.54, 1.807) is 24.3 Å². The number of carbonyl (C=O) groups is 2. The minimum absolute atomic E-state index is 0.160. The van der Waals surface area contributed by atoms with E-state index in [0.717, 1.165) is 0 Å². The van der Waals surface area contributed by atoms with E-state index >= 15 is 0 Å². The van der Waals surface area contributed by atoms with E-state index in [-0.39, 0.29) is 17.1 Å². The van der Waals surface area contributed by atoms with Gasteiger partial charge in [-0.25, -0.2) is 4.79 Å². The second-order valence-electron chi connectivity index (χ2n) is 6.25. The highest BCUT2D eigenvalue weighted by Crippen LogP contribution is 2.33. The molecule has 2 amide bonds. The lowest BCUT2D eigenvalue weighted by Gasteiger charge is -2.15. The molecule has 1 unspecified atom stereocenters. The Bertz CT molecular complexity index is 932. The maximum atomic E-state index is 12.3. The quantitative estimate of drug-likeness (QED) is 0.627. The summed E-state index contributed by atoms with van der Waals surface area (Å²) in [6, 6.07) is 6.47. The van der Waals surface area contributed by atoms with E-state index in [9.17, 15) is 9.59 Å². The summed E-state index contributed by atoms with van der Waals surface area (Å²) in [6.07, 6.45) is 4.69. The summed E-state index contributed by atoms with van der Waals surface area (Å²) in [5, 5.41) is 13.9. The molecule has 8 nitrogen and oxygen atoms in total. The smallest absolute Gasteiger partial charge is 0.411 e. The van der Waals surface area contributed by atoms with Crippen molar-refractivity contribution in [1.29, 1.82) is 0 Å². The fourth-order valence-corrected chi connectivity index (χ4v) is 3.05. The monoisotopic (exact) mass is 401 g/mol. The van der Waals surface area contributed by atoms with Crippen LogP contribution in [-0.2, 0) is 9.53 Å². The van der Waals surface area contributed by atoms with E-state index in [1.165, 1.54) is 7.11 Å². The normalized spacial score (nSPS) is 17.8. The summed E-state index contributed by atoms with van der Waals surface area (Å²) >= 11 is 6.19. The van der Waals surface area contributed by atoms with Crippen LogP contribution in [-0.4, -0.2) is 29.3 Å². The zero-order valence-electron chi connectivity index (χ0n) is 15.2. The number of halogens is 1. The minimum atomic E-state index is -0.611. The van der Waals surface area contributed by atoms with Crippen molar-refractivity contribution in [2.75, 3.05) is 17.7 Å². The Morgan fingerprint density at radius 2 is 2.14 bits per heavy atom. The first kappa shape index (κ1) is 19.8. The Kier molecular flexibility index (Phi) is 6.23. The average molecular weight is 402 g/mol. The number of nitrogens with one attached hydrogen (secondary N) is 2. The molecule has 2 aromatic rings. The predicted molar refractivity (Wildman–Crippen MR) is 107 cm³/mol. The largest absolute Gasteiger partial charge is 0.453 e. The van der Waals surface area contributed by atoms with Crippen LogP contribution >= 0.6 is 11.6 Å². The average Bonchev–Trinajstić information content (AvgIpc) is 2.68. The molecular formula is C19H20ClN5O3. The van der Waals surface area contributed by atoms with Crippen molar-refractivity contribution in [1.82, 2.24) is 10.2 Å². The summed E-state index contributed by atoms with van der Waals surface area (Å²) in [6.45, 7) is 0. The molecule has 1 atom stereocenters. The molecule has 28 heavy (non-hydrogen) atoms. The number of rotatable bonds is 1. The van der Waals surface area contributed by atoms with E-state index in [4.69, 9.17) is 17.3 Å². The Morgan fingerprint density at radius 1 is 1.32 bits per heavy atom. The molecule has 0 saturated heterocycles. The molecule has 0 spiro atoms.